The Labute approximate surface area is 99.7 Å². The zero-order valence-electron chi connectivity index (χ0n) is 10.8. The van der Waals surface area contributed by atoms with Gasteiger partial charge in [-0.25, -0.2) is 0 Å². The van der Waals surface area contributed by atoms with Gasteiger partial charge in [0, 0.05) is 19.8 Å². The molecule has 3 heteroatoms. The van der Waals surface area contributed by atoms with Crippen LogP contribution in [0.15, 0.2) is 30.5 Å². The van der Waals surface area contributed by atoms with E-state index in [1.54, 1.807) is 0 Å². The van der Waals surface area contributed by atoms with Gasteiger partial charge in [0.05, 0.1) is 6.26 Å². The second kappa shape index (κ2) is 5.21. The van der Waals surface area contributed by atoms with E-state index in [1.807, 2.05) is 26.4 Å². The zero-order chi connectivity index (χ0) is 12.2. The summed E-state index contributed by atoms with van der Waals surface area (Å²) in [7, 11) is 2.65. The minimum atomic E-state index is -1.43. The van der Waals surface area contributed by atoms with E-state index in [0.29, 0.717) is 0 Å². The van der Waals surface area contributed by atoms with Crippen LogP contribution in [0.4, 0.5) is 5.69 Å². The van der Waals surface area contributed by atoms with Crippen LogP contribution in [0.5, 0.6) is 0 Å². The third kappa shape index (κ3) is 4.53. The standard InChI is InChI=1S/C13H21NOSi/c1-14(2)13-8-6-12(7-9-13)10-11-15-16(3,4)5/h6-11H,1-5H3/b11-10+. The molecule has 0 saturated heterocycles. The van der Waals surface area contributed by atoms with Crippen molar-refractivity contribution in [1.29, 1.82) is 0 Å². The molecule has 0 amide bonds. The minimum absolute atomic E-state index is 1.17. The predicted molar refractivity (Wildman–Crippen MR) is 74.2 cm³/mol. The van der Waals surface area contributed by atoms with Crippen molar-refractivity contribution in [2.75, 3.05) is 19.0 Å². The molecule has 0 aliphatic carbocycles. The van der Waals surface area contributed by atoms with Crippen molar-refractivity contribution in [1.82, 2.24) is 0 Å². The van der Waals surface area contributed by atoms with Crippen LogP contribution in [0.1, 0.15) is 5.56 Å². The summed E-state index contributed by atoms with van der Waals surface area (Å²) in [5.74, 6) is 0. The maximum Gasteiger partial charge on any atom is 0.241 e. The van der Waals surface area contributed by atoms with Crippen molar-refractivity contribution in [2.45, 2.75) is 19.6 Å². The molecule has 0 spiro atoms. The van der Waals surface area contributed by atoms with Gasteiger partial charge in [-0.05, 0) is 43.4 Å². The van der Waals surface area contributed by atoms with Gasteiger partial charge in [0.2, 0.25) is 8.32 Å². The molecule has 0 atom stereocenters. The van der Waals surface area contributed by atoms with Gasteiger partial charge in [-0.2, -0.15) is 0 Å². The fourth-order valence-corrected chi connectivity index (χ4v) is 1.68. The minimum Gasteiger partial charge on any atom is -0.550 e. The average molecular weight is 235 g/mol. The molecule has 1 rings (SSSR count). The first-order valence-electron chi connectivity index (χ1n) is 5.50. The molecule has 0 fully saturated rings. The van der Waals surface area contributed by atoms with Crippen molar-refractivity contribution >= 4 is 20.1 Å². The van der Waals surface area contributed by atoms with Crippen LogP contribution >= 0.6 is 0 Å². The molecule has 0 aromatic heterocycles. The Kier molecular flexibility index (Phi) is 4.18. The van der Waals surface area contributed by atoms with E-state index in [9.17, 15) is 0 Å². The van der Waals surface area contributed by atoms with Gasteiger partial charge < -0.3 is 9.33 Å². The van der Waals surface area contributed by atoms with E-state index in [-0.39, 0.29) is 0 Å². The Bertz CT molecular complexity index is 349. The molecule has 1 aromatic rings. The first kappa shape index (κ1) is 12.8. The lowest BCUT2D eigenvalue weighted by atomic mass is 10.2. The molecule has 0 aliphatic rings. The largest absolute Gasteiger partial charge is 0.550 e. The van der Waals surface area contributed by atoms with E-state index < -0.39 is 8.32 Å². The highest BCUT2D eigenvalue weighted by Crippen LogP contribution is 2.13. The summed E-state index contributed by atoms with van der Waals surface area (Å²) in [5.41, 5.74) is 2.38. The van der Waals surface area contributed by atoms with Crippen molar-refractivity contribution < 1.29 is 4.43 Å². The Balaban J connectivity index is 2.62. The molecule has 0 N–H and O–H groups in total. The zero-order valence-corrected chi connectivity index (χ0v) is 11.8. The summed E-state index contributed by atoms with van der Waals surface area (Å²) < 4.78 is 5.66. The Hall–Kier alpha value is -1.22. The molecule has 0 heterocycles. The fraction of sp³-hybridized carbons (Fsp3) is 0.385. The quantitative estimate of drug-likeness (QED) is 0.584. The second-order valence-corrected chi connectivity index (χ2v) is 9.48. The molecule has 0 radical (unpaired) electrons. The van der Waals surface area contributed by atoms with Crippen LogP contribution in [-0.4, -0.2) is 22.4 Å². The molecule has 0 unspecified atom stereocenters. The molecule has 0 saturated carbocycles. The van der Waals surface area contributed by atoms with Crippen LogP contribution < -0.4 is 4.90 Å². The summed E-state index contributed by atoms with van der Waals surface area (Å²) in [5, 5.41) is 0. The Morgan fingerprint density at radius 1 is 1.06 bits per heavy atom. The Morgan fingerprint density at radius 3 is 2.06 bits per heavy atom. The van der Waals surface area contributed by atoms with Gasteiger partial charge in [0.1, 0.15) is 0 Å². The van der Waals surface area contributed by atoms with Crippen molar-refractivity contribution in [3.8, 4) is 0 Å². The summed E-state index contributed by atoms with van der Waals surface area (Å²) in [4.78, 5) is 2.09. The van der Waals surface area contributed by atoms with E-state index in [4.69, 9.17) is 4.43 Å². The lowest BCUT2D eigenvalue weighted by Gasteiger charge is -2.15. The SMILES string of the molecule is CN(C)c1ccc(/C=C/O[Si](C)(C)C)cc1. The van der Waals surface area contributed by atoms with Gasteiger partial charge in [-0.15, -0.1) is 0 Å². The molecular weight excluding hydrogens is 214 g/mol. The van der Waals surface area contributed by atoms with E-state index >= 15 is 0 Å². The molecule has 88 valence electrons. The van der Waals surface area contributed by atoms with Crippen molar-refractivity contribution in [2.24, 2.45) is 0 Å². The molecule has 16 heavy (non-hydrogen) atoms. The lowest BCUT2D eigenvalue weighted by molar-refractivity contribution is 0.483. The van der Waals surface area contributed by atoms with Crippen LogP contribution in [0.2, 0.25) is 19.6 Å². The van der Waals surface area contributed by atoms with E-state index in [2.05, 4.69) is 48.8 Å². The number of hydrogen-bond donors (Lipinski definition) is 0. The van der Waals surface area contributed by atoms with Crippen LogP contribution in [-0.2, 0) is 4.43 Å². The van der Waals surface area contributed by atoms with Gasteiger partial charge >= 0.3 is 0 Å². The first-order valence-corrected chi connectivity index (χ1v) is 8.91. The van der Waals surface area contributed by atoms with Crippen LogP contribution in [0.3, 0.4) is 0 Å². The molecule has 0 bridgehead atoms. The highest BCUT2D eigenvalue weighted by Gasteiger charge is 2.12. The van der Waals surface area contributed by atoms with Crippen LogP contribution in [0.25, 0.3) is 6.08 Å². The fourth-order valence-electron chi connectivity index (χ4n) is 1.20. The van der Waals surface area contributed by atoms with Gasteiger partial charge in [-0.1, -0.05) is 12.1 Å². The number of anilines is 1. The van der Waals surface area contributed by atoms with Gasteiger partial charge in [0.15, 0.2) is 0 Å². The molecule has 0 aliphatic heterocycles. The summed E-state index contributed by atoms with van der Waals surface area (Å²) in [6, 6.07) is 8.40. The summed E-state index contributed by atoms with van der Waals surface area (Å²) >= 11 is 0. The predicted octanol–water partition coefficient (Wildman–Crippen LogP) is 3.57. The first-order chi connectivity index (χ1) is 7.38. The topological polar surface area (TPSA) is 12.5 Å². The third-order valence-electron chi connectivity index (χ3n) is 2.09. The summed E-state index contributed by atoms with van der Waals surface area (Å²) in [6.45, 7) is 6.52. The third-order valence-corrected chi connectivity index (χ3v) is 2.93. The Morgan fingerprint density at radius 2 is 1.62 bits per heavy atom. The number of benzene rings is 1. The smallest absolute Gasteiger partial charge is 0.241 e. The normalized spacial score (nSPS) is 11.8. The van der Waals surface area contributed by atoms with Crippen molar-refractivity contribution in [3.05, 3.63) is 36.1 Å². The highest BCUT2D eigenvalue weighted by atomic mass is 28.4. The lowest BCUT2D eigenvalue weighted by Crippen LogP contribution is -2.21. The maximum absolute atomic E-state index is 5.66. The number of hydrogen-bond acceptors (Lipinski definition) is 2. The maximum atomic E-state index is 5.66. The highest BCUT2D eigenvalue weighted by molar-refractivity contribution is 6.69. The molecular formula is C13H21NOSi. The second-order valence-electron chi connectivity index (χ2n) is 5.02. The summed E-state index contributed by atoms with van der Waals surface area (Å²) in [6.07, 6.45) is 3.83. The molecule has 1 aromatic carbocycles. The van der Waals surface area contributed by atoms with Crippen molar-refractivity contribution in [3.63, 3.8) is 0 Å². The molecule has 2 nitrogen and oxygen atoms in total. The number of nitrogens with zero attached hydrogens (tertiary/aromatic N) is 1. The van der Waals surface area contributed by atoms with Gasteiger partial charge in [-0.3, -0.25) is 0 Å². The van der Waals surface area contributed by atoms with Crippen LogP contribution in [0, 0.1) is 0 Å². The number of rotatable bonds is 4. The van der Waals surface area contributed by atoms with Gasteiger partial charge in [0.25, 0.3) is 0 Å². The van der Waals surface area contributed by atoms with E-state index in [1.165, 1.54) is 11.3 Å². The van der Waals surface area contributed by atoms with E-state index in [0.717, 1.165) is 0 Å². The average Bonchev–Trinajstić information content (AvgIpc) is 2.16. The monoisotopic (exact) mass is 235 g/mol.